The lowest BCUT2D eigenvalue weighted by Gasteiger charge is -2.15. The Hall–Kier alpha value is -0.0400. The molecule has 0 spiro atoms. The summed E-state index contributed by atoms with van der Waals surface area (Å²) in [4.78, 5) is 21.8. The number of carboxylic acids is 1. The average molecular weight is 311 g/mol. The number of hydrogen-bond donors (Lipinski definition) is 2. The van der Waals surface area contributed by atoms with Crippen molar-refractivity contribution in [1.29, 1.82) is 0 Å². The molecule has 0 aromatic carbocycles. The zero-order valence-corrected chi connectivity index (χ0v) is 11.3. The Labute approximate surface area is 112 Å². The Morgan fingerprint density at radius 3 is 2.44 bits per heavy atom. The van der Waals surface area contributed by atoms with Gasteiger partial charge in [-0.05, 0) is 6.26 Å². The largest absolute Gasteiger partial charge is 0.480 e. The first-order valence-electron chi connectivity index (χ1n) is 3.98. The van der Waals surface area contributed by atoms with Gasteiger partial charge in [-0.25, -0.2) is 9.59 Å². The summed E-state index contributed by atoms with van der Waals surface area (Å²) in [5, 5.41) is 10.9. The quantitative estimate of drug-likeness (QED) is 0.759. The van der Waals surface area contributed by atoms with Gasteiger partial charge < -0.3 is 15.2 Å². The normalized spacial score (nSPS) is 13.0. The first-order valence-corrected chi connectivity index (χ1v) is 6.51. The van der Waals surface area contributed by atoms with E-state index in [1.165, 1.54) is 11.8 Å². The van der Waals surface area contributed by atoms with Gasteiger partial charge in [0, 0.05) is 5.75 Å². The minimum Gasteiger partial charge on any atom is -0.480 e. The summed E-state index contributed by atoms with van der Waals surface area (Å²) in [6, 6.07) is -1.03. The van der Waals surface area contributed by atoms with E-state index in [1.54, 1.807) is 6.26 Å². The van der Waals surface area contributed by atoms with Crippen molar-refractivity contribution in [3.63, 3.8) is 0 Å². The number of halogens is 3. The second-order valence-electron chi connectivity index (χ2n) is 2.68. The maximum Gasteiger partial charge on any atom is 0.408 e. The fourth-order valence-electron chi connectivity index (χ4n) is 0.673. The van der Waals surface area contributed by atoms with Crippen LogP contribution in [0.2, 0.25) is 0 Å². The van der Waals surface area contributed by atoms with Crippen molar-refractivity contribution in [2.24, 2.45) is 0 Å². The first kappa shape index (κ1) is 16.0. The Balaban J connectivity index is 4.05. The molecule has 0 unspecified atom stereocenters. The zero-order chi connectivity index (χ0) is 12.8. The summed E-state index contributed by atoms with van der Waals surface area (Å²) < 4.78 is 2.80. The van der Waals surface area contributed by atoms with Crippen LogP contribution in [0.5, 0.6) is 0 Å². The van der Waals surface area contributed by atoms with Crippen LogP contribution in [0.3, 0.4) is 0 Å². The summed E-state index contributed by atoms with van der Waals surface area (Å²) in [5.74, 6) is -0.932. The van der Waals surface area contributed by atoms with E-state index in [-0.39, 0.29) is 5.75 Å². The van der Waals surface area contributed by atoms with Gasteiger partial charge >= 0.3 is 12.1 Å². The molecule has 0 radical (unpaired) electrons. The van der Waals surface area contributed by atoms with Gasteiger partial charge in [0.25, 0.3) is 0 Å². The maximum absolute atomic E-state index is 11.1. The molecule has 16 heavy (non-hydrogen) atoms. The lowest BCUT2D eigenvalue weighted by Crippen LogP contribution is -2.43. The molecule has 0 saturated carbocycles. The van der Waals surface area contributed by atoms with Gasteiger partial charge in [-0.3, -0.25) is 0 Å². The van der Waals surface area contributed by atoms with Crippen LogP contribution in [0.1, 0.15) is 0 Å². The second kappa shape index (κ2) is 7.32. The smallest absolute Gasteiger partial charge is 0.408 e. The highest BCUT2D eigenvalue weighted by Gasteiger charge is 2.24. The third kappa shape index (κ3) is 8.15. The number of thioether (sulfide) groups is 1. The molecule has 0 bridgehead atoms. The molecule has 0 aliphatic heterocycles. The number of aliphatic carboxylic acids is 1. The highest BCUT2D eigenvalue weighted by atomic mass is 35.6. The number of carboxylic acid groups (broad SMARTS) is 1. The van der Waals surface area contributed by atoms with Crippen LogP contribution in [0.25, 0.3) is 0 Å². The second-order valence-corrected chi connectivity index (χ2v) is 6.11. The van der Waals surface area contributed by atoms with Crippen LogP contribution in [0.4, 0.5) is 4.79 Å². The molecule has 94 valence electrons. The monoisotopic (exact) mass is 309 g/mol. The fraction of sp³-hybridized carbons (Fsp3) is 0.714. The number of hydrogen-bond acceptors (Lipinski definition) is 4. The van der Waals surface area contributed by atoms with Crippen LogP contribution >= 0.6 is 46.6 Å². The van der Waals surface area contributed by atoms with E-state index >= 15 is 0 Å². The molecule has 1 atom stereocenters. The molecular weight excluding hydrogens is 301 g/mol. The van der Waals surface area contributed by atoms with E-state index in [0.29, 0.717) is 0 Å². The van der Waals surface area contributed by atoms with Crippen LogP contribution in [0.15, 0.2) is 0 Å². The average Bonchev–Trinajstić information content (AvgIpc) is 2.13. The molecule has 0 fully saturated rings. The van der Waals surface area contributed by atoms with Gasteiger partial charge in [0.1, 0.15) is 12.6 Å². The zero-order valence-electron chi connectivity index (χ0n) is 8.21. The van der Waals surface area contributed by atoms with Crippen molar-refractivity contribution < 1.29 is 19.4 Å². The van der Waals surface area contributed by atoms with Gasteiger partial charge in [0.2, 0.25) is 3.79 Å². The third-order valence-corrected chi connectivity index (χ3v) is 2.28. The molecule has 9 heteroatoms. The predicted molar refractivity (Wildman–Crippen MR) is 64.6 cm³/mol. The van der Waals surface area contributed by atoms with Crippen LogP contribution in [0, 0.1) is 0 Å². The molecule has 0 saturated heterocycles. The summed E-state index contributed by atoms with van der Waals surface area (Å²) in [5.41, 5.74) is 0. The lowest BCUT2D eigenvalue weighted by molar-refractivity contribution is -0.138. The molecular formula is C7H10Cl3NO4S. The van der Waals surface area contributed by atoms with E-state index in [4.69, 9.17) is 39.9 Å². The van der Waals surface area contributed by atoms with E-state index < -0.39 is 28.5 Å². The minimum atomic E-state index is -1.71. The van der Waals surface area contributed by atoms with Gasteiger partial charge in [0.05, 0.1) is 0 Å². The molecule has 2 N–H and O–H groups in total. The SMILES string of the molecule is CSC[C@H](NC(=O)OCC(Cl)(Cl)Cl)C(=O)O. The summed E-state index contributed by atoms with van der Waals surface area (Å²) in [6.07, 6.45) is 0.775. The summed E-state index contributed by atoms with van der Waals surface area (Å²) >= 11 is 17.3. The molecule has 0 aromatic heterocycles. The van der Waals surface area contributed by atoms with Crippen molar-refractivity contribution in [2.45, 2.75) is 9.83 Å². The van der Waals surface area contributed by atoms with Gasteiger partial charge in [0.15, 0.2) is 0 Å². The molecule has 0 aliphatic rings. The molecule has 0 heterocycles. The highest BCUT2D eigenvalue weighted by molar-refractivity contribution is 7.98. The van der Waals surface area contributed by atoms with Gasteiger partial charge in [-0.15, -0.1) is 0 Å². The summed E-state index contributed by atoms with van der Waals surface area (Å²) in [6.45, 7) is -0.449. The highest BCUT2D eigenvalue weighted by Crippen LogP contribution is 2.25. The topological polar surface area (TPSA) is 75.6 Å². The van der Waals surface area contributed by atoms with Crippen molar-refractivity contribution in [3.05, 3.63) is 0 Å². The predicted octanol–water partition coefficient (Wildman–Crippen LogP) is 1.90. The molecule has 0 rings (SSSR count). The number of alkyl carbamates (subject to hydrolysis) is 1. The third-order valence-electron chi connectivity index (χ3n) is 1.29. The number of nitrogens with one attached hydrogen (secondary N) is 1. The van der Waals surface area contributed by atoms with Gasteiger partial charge in [-0.2, -0.15) is 11.8 Å². The molecule has 0 aromatic rings. The number of amides is 1. The molecule has 1 amide bonds. The maximum atomic E-state index is 11.1. The van der Waals surface area contributed by atoms with E-state index in [1.807, 2.05) is 0 Å². The molecule has 0 aliphatic carbocycles. The number of carbonyl (C=O) groups is 2. The van der Waals surface area contributed by atoms with E-state index in [9.17, 15) is 9.59 Å². The van der Waals surface area contributed by atoms with Crippen molar-refractivity contribution in [2.75, 3.05) is 18.6 Å². The standard InChI is InChI=1S/C7H10Cl3NO4S/c1-16-2-4(5(12)13)11-6(14)15-3-7(8,9)10/h4H,2-3H2,1H3,(H,11,14)(H,12,13)/t4-/m0/s1. The number of alkyl halides is 3. The number of carbonyl (C=O) groups excluding carboxylic acids is 1. The van der Waals surface area contributed by atoms with E-state index in [2.05, 4.69) is 10.1 Å². The number of ether oxygens (including phenoxy) is 1. The fourth-order valence-corrected chi connectivity index (χ4v) is 1.40. The van der Waals surface area contributed by atoms with Crippen molar-refractivity contribution in [3.8, 4) is 0 Å². The van der Waals surface area contributed by atoms with Crippen LogP contribution < -0.4 is 5.32 Å². The van der Waals surface area contributed by atoms with E-state index in [0.717, 1.165) is 0 Å². The van der Waals surface area contributed by atoms with Crippen LogP contribution in [-0.2, 0) is 9.53 Å². The van der Waals surface area contributed by atoms with Gasteiger partial charge in [-0.1, -0.05) is 34.8 Å². The lowest BCUT2D eigenvalue weighted by atomic mass is 10.3. The minimum absolute atomic E-state index is 0.220. The summed E-state index contributed by atoms with van der Waals surface area (Å²) in [7, 11) is 0. The Bertz CT molecular complexity index is 259. The Morgan fingerprint density at radius 1 is 1.50 bits per heavy atom. The Kier molecular flexibility index (Phi) is 7.30. The Morgan fingerprint density at radius 2 is 2.06 bits per heavy atom. The molecule has 5 nitrogen and oxygen atoms in total. The van der Waals surface area contributed by atoms with Crippen molar-refractivity contribution >= 4 is 58.6 Å². The number of rotatable bonds is 5. The van der Waals surface area contributed by atoms with Crippen LogP contribution in [-0.4, -0.2) is 45.6 Å². The first-order chi connectivity index (χ1) is 7.26. The van der Waals surface area contributed by atoms with Crippen molar-refractivity contribution in [1.82, 2.24) is 5.32 Å².